The van der Waals surface area contributed by atoms with E-state index in [0.29, 0.717) is 9.75 Å². The molecule has 0 aliphatic carbocycles. The van der Waals surface area contributed by atoms with Gasteiger partial charge in [-0.3, -0.25) is 10.2 Å². The minimum atomic E-state index is -0.798. The number of rotatable bonds is 4. The molecule has 0 atom stereocenters. The Hall–Kier alpha value is -1.51. The number of halogens is 3. The molecule has 0 aliphatic rings. The molecule has 4 nitrogen and oxygen atoms in total. The summed E-state index contributed by atoms with van der Waals surface area (Å²) in [7, 11) is 0. The van der Waals surface area contributed by atoms with Crippen molar-refractivity contribution in [3.63, 3.8) is 0 Å². The lowest BCUT2D eigenvalue weighted by Crippen LogP contribution is -2.29. The van der Waals surface area contributed by atoms with Gasteiger partial charge in [-0.05, 0) is 34.1 Å². The molecule has 0 aliphatic heterocycles. The van der Waals surface area contributed by atoms with E-state index in [2.05, 4.69) is 15.9 Å². The van der Waals surface area contributed by atoms with Gasteiger partial charge in [0.25, 0.3) is 5.91 Å². The molecule has 0 saturated heterocycles. The van der Waals surface area contributed by atoms with E-state index in [0.717, 1.165) is 12.1 Å². The highest BCUT2D eigenvalue weighted by Gasteiger charge is 2.13. The first kappa shape index (κ1) is 14.9. The molecule has 106 valence electrons. The largest absolute Gasteiger partial charge is 0.484 e. The summed E-state index contributed by atoms with van der Waals surface area (Å²) in [5.41, 5.74) is 2.01. The fourth-order valence-corrected chi connectivity index (χ4v) is 2.81. The minimum absolute atomic E-state index is 0.0592. The molecule has 0 bridgehead atoms. The molecule has 0 fully saturated rings. The summed E-state index contributed by atoms with van der Waals surface area (Å²) in [5.74, 6) is 3.04. The smallest absolute Gasteiger partial charge is 0.275 e. The summed E-state index contributed by atoms with van der Waals surface area (Å²) in [6.45, 7) is 0.0592. The van der Waals surface area contributed by atoms with Gasteiger partial charge in [0.05, 0.1) is 9.35 Å². The van der Waals surface area contributed by atoms with Crippen LogP contribution in [0.2, 0.25) is 0 Å². The molecule has 0 unspecified atom stereocenters. The predicted molar refractivity (Wildman–Crippen MR) is 74.4 cm³/mol. The van der Waals surface area contributed by atoms with Crippen molar-refractivity contribution in [2.45, 2.75) is 6.61 Å². The molecule has 1 amide bonds. The average Bonchev–Trinajstić information content (AvgIpc) is 2.85. The Balaban J connectivity index is 2.09. The van der Waals surface area contributed by atoms with E-state index in [4.69, 9.17) is 10.6 Å². The zero-order chi connectivity index (χ0) is 14.7. The van der Waals surface area contributed by atoms with Crippen molar-refractivity contribution in [2.75, 3.05) is 0 Å². The summed E-state index contributed by atoms with van der Waals surface area (Å²) in [4.78, 5) is 12.4. The van der Waals surface area contributed by atoms with Crippen molar-refractivity contribution in [1.29, 1.82) is 0 Å². The number of nitrogens with one attached hydrogen (secondary N) is 1. The third-order valence-electron chi connectivity index (χ3n) is 2.34. The van der Waals surface area contributed by atoms with E-state index in [1.165, 1.54) is 11.3 Å². The number of carbonyl (C=O) groups is 1. The van der Waals surface area contributed by atoms with Crippen LogP contribution >= 0.6 is 27.3 Å². The molecular weight excluding hydrogens is 354 g/mol. The average molecular weight is 363 g/mol. The Kier molecular flexibility index (Phi) is 4.69. The van der Waals surface area contributed by atoms with Gasteiger partial charge in [0, 0.05) is 10.9 Å². The molecule has 0 spiro atoms. The Labute approximate surface area is 125 Å². The molecule has 1 aromatic heterocycles. The number of thiophene rings is 1. The van der Waals surface area contributed by atoms with Gasteiger partial charge in [0.15, 0.2) is 11.6 Å². The lowest BCUT2D eigenvalue weighted by atomic mass is 10.3. The van der Waals surface area contributed by atoms with Crippen molar-refractivity contribution in [2.24, 2.45) is 5.84 Å². The van der Waals surface area contributed by atoms with Crippen LogP contribution in [0.1, 0.15) is 14.5 Å². The van der Waals surface area contributed by atoms with Crippen LogP contribution in [0.4, 0.5) is 8.78 Å². The Morgan fingerprint density at radius 1 is 1.40 bits per heavy atom. The zero-order valence-corrected chi connectivity index (χ0v) is 12.4. The number of carbonyl (C=O) groups excluding carboxylic acids is 1. The first-order chi connectivity index (χ1) is 9.51. The van der Waals surface area contributed by atoms with Crippen LogP contribution < -0.4 is 16.0 Å². The lowest BCUT2D eigenvalue weighted by Gasteiger charge is -2.08. The molecule has 3 N–H and O–H groups in total. The number of hydrazine groups is 1. The maximum atomic E-state index is 13.5. The lowest BCUT2D eigenvalue weighted by molar-refractivity contribution is 0.0957. The second-order valence-electron chi connectivity index (χ2n) is 3.73. The maximum absolute atomic E-state index is 13.5. The number of ether oxygens (including phenoxy) is 1. The fourth-order valence-electron chi connectivity index (χ4n) is 1.46. The third-order valence-corrected chi connectivity index (χ3v) is 3.98. The Morgan fingerprint density at radius 3 is 2.80 bits per heavy atom. The van der Waals surface area contributed by atoms with Gasteiger partial charge in [0.2, 0.25) is 0 Å². The van der Waals surface area contributed by atoms with Crippen LogP contribution in [0, 0.1) is 11.6 Å². The molecule has 1 heterocycles. The van der Waals surface area contributed by atoms with E-state index >= 15 is 0 Å². The molecule has 2 rings (SSSR count). The zero-order valence-electron chi connectivity index (χ0n) is 9.95. The van der Waals surface area contributed by atoms with E-state index < -0.39 is 17.5 Å². The van der Waals surface area contributed by atoms with Gasteiger partial charge in [0.1, 0.15) is 12.4 Å². The van der Waals surface area contributed by atoms with Gasteiger partial charge >= 0.3 is 0 Å². The number of nitrogen functional groups attached to an aromatic ring is 1. The highest BCUT2D eigenvalue weighted by atomic mass is 79.9. The standard InChI is InChI=1S/C12H9BrF2N2O2S/c13-8-3-6(14)4-9(15)11(8)19-5-7-1-2-10(20-7)12(18)17-16/h1-4H,5,16H2,(H,17,18). The van der Waals surface area contributed by atoms with Crippen molar-refractivity contribution < 1.29 is 18.3 Å². The molecule has 1 aromatic carbocycles. The topological polar surface area (TPSA) is 64.3 Å². The van der Waals surface area contributed by atoms with Gasteiger partial charge < -0.3 is 4.74 Å². The Bertz CT molecular complexity index is 625. The highest BCUT2D eigenvalue weighted by molar-refractivity contribution is 9.10. The van der Waals surface area contributed by atoms with E-state index in [-0.39, 0.29) is 16.8 Å². The van der Waals surface area contributed by atoms with Crippen LogP contribution in [0.5, 0.6) is 5.75 Å². The van der Waals surface area contributed by atoms with Crippen LogP contribution in [0.15, 0.2) is 28.7 Å². The van der Waals surface area contributed by atoms with Gasteiger partial charge in [-0.2, -0.15) is 0 Å². The summed E-state index contributed by atoms with van der Waals surface area (Å²) in [6.07, 6.45) is 0. The Morgan fingerprint density at radius 2 is 2.15 bits per heavy atom. The number of nitrogens with two attached hydrogens (primary N) is 1. The fraction of sp³-hybridized carbons (Fsp3) is 0.0833. The van der Waals surface area contributed by atoms with E-state index in [9.17, 15) is 13.6 Å². The van der Waals surface area contributed by atoms with Crippen LogP contribution in [0.25, 0.3) is 0 Å². The molecular formula is C12H9BrF2N2O2S. The van der Waals surface area contributed by atoms with Crippen molar-refractivity contribution in [1.82, 2.24) is 5.43 Å². The molecule has 0 radical (unpaired) electrons. The van der Waals surface area contributed by atoms with Crippen LogP contribution in [-0.2, 0) is 6.61 Å². The quantitative estimate of drug-likeness (QED) is 0.499. The maximum Gasteiger partial charge on any atom is 0.275 e. The second-order valence-corrected chi connectivity index (χ2v) is 5.75. The molecule has 20 heavy (non-hydrogen) atoms. The van der Waals surface area contributed by atoms with Crippen molar-refractivity contribution in [3.05, 3.63) is 50.1 Å². The van der Waals surface area contributed by atoms with Crippen LogP contribution in [0.3, 0.4) is 0 Å². The normalized spacial score (nSPS) is 10.4. The number of hydrogen-bond acceptors (Lipinski definition) is 4. The number of amides is 1. The van der Waals surface area contributed by atoms with Gasteiger partial charge in [-0.25, -0.2) is 14.6 Å². The minimum Gasteiger partial charge on any atom is -0.484 e. The summed E-state index contributed by atoms with van der Waals surface area (Å²) in [5, 5.41) is 0. The van der Waals surface area contributed by atoms with E-state index in [1.807, 2.05) is 5.43 Å². The highest BCUT2D eigenvalue weighted by Crippen LogP contribution is 2.30. The molecule has 0 saturated carbocycles. The number of hydrogen-bond donors (Lipinski definition) is 2. The summed E-state index contributed by atoms with van der Waals surface area (Å²) >= 11 is 4.20. The summed E-state index contributed by atoms with van der Waals surface area (Å²) in [6, 6.07) is 5.11. The van der Waals surface area contributed by atoms with Gasteiger partial charge in [-0.1, -0.05) is 0 Å². The first-order valence-electron chi connectivity index (χ1n) is 5.38. The summed E-state index contributed by atoms with van der Waals surface area (Å²) < 4.78 is 31.9. The monoisotopic (exact) mass is 362 g/mol. The first-order valence-corrected chi connectivity index (χ1v) is 6.99. The van der Waals surface area contributed by atoms with E-state index in [1.54, 1.807) is 12.1 Å². The molecule has 8 heteroatoms. The van der Waals surface area contributed by atoms with Gasteiger partial charge in [-0.15, -0.1) is 11.3 Å². The van der Waals surface area contributed by atoms with Crippen LogP contribution in [-0.4, -0.2) is 5.91 Å². The second kappa shape index (κ2) is 6.29. The van der Waals surface area contributed by atoms with Crippen molar-refractivity contribution >= 4 is 33.2 Å². The predicted octanol–water partition coefficient (Wildman–Crippen LogP) is 2.97. The number of benzene rings is 1. The van der Waals surface area contributed by atoms with Crippen molar-refractivity contribution in [3.8, 4) is 5.75 Å². The SMILES string of the molecule is NNC(=O)c1ccc(COc2c(F)cc(F)cc2Br)s1. The molecule has 2 aromatic rings. The third kappa shape index (κ3) is 3.33.